The number of nitrogens with one attached hydrogen (secondary N) is 1. The van der Waals surface area contributed by atoms with Crippen LogP contribution in [0.15, 0.2) is 12.1 Å². The van der Waals surface area contributed by atoms with Crippen molar-refractivity contribution < 1.29 is 4.74 Å². The van der Waals surface area contributed by atoms with Crippen LogP contribution >= 0.6 is 0 Å². The molecule has 1 heterocycles. The maximum absolute atomic E-state index is 8.97. The van der Waals surface area contributed by atoms with Crippen molar-refractivity contribution in [1.82, 2.24) is 10.3 Å². The summed E-state index contributed by atoms with van der Waals surface area (Å²) in [5.41, 5.74) is 1.83. The Bertz CT molecular complexity index is 438. The van der Waals surface area contributed by atoms with E-state index in [0.29, 0.717) is 24.6 Å². The zero-order valence-electron chi connectivity index (χ0n) is 12.2. The molecule has 104 valence electrons. The van der Waals surface area contributed by atoms with Crippen LogP contribution in [0.2, 0.25) is 0 Å². The van der Waals surface area contributed by atoms with Gasteiger partial charge < -0.3 is 10.1 Å². The summed E-state index contributed by atoms with van der Waals surface area (Å²) >= 11 is 0. The smallest absolute Gasteiger partial charge is 0.184 e. The molecule has 1 rings (SSSR count). The van der Waals surface area contributed by atoms with Gasteiger partial charge in [0.15, 0.2) is 6.10 Å². The van der Waals surface area contributed by atoms with E-state index in [-0.39, 0.29) is 0 Å². The molecule has 0 amide bonds. The molecule has 0 saturated carbocycles. The molecule has 1 N–H and O–H groups in total. The van der Waals surface area contributed by atoms with Crippen molar-refractivity contribution in [3.05, 3.63) is 23.5 Å². The fourth-order valence-corrected chi connectivity index (χ4v) is 1.67. The first-order chi connectivity index (χ1) is 9.06. The number of rotatable bonds is 7. The van der Waals surface area contributed by atoms with Gasteiger partial charge in [-0.2, -0.15) is 5.26 Å². The summed E-state index contributed by atoms with van der Waals surface area (Å²) in [6, 6.07) is 5.95. The first kappa shape index (κ1) is 15.5. The Labute approximate surface area is 115 Å². The summed E-state index contributed by atoms with van der Waals surface area (Å²) < 4.78 is 5.69. The van der Waals surface area contributed by atoms with Gasteiger partial charge in [-0.25, -0.2) is 0 Å². The standard InChI is InChI=1S/C15H23N3O/c1-5-13(8-16)19-15-7-6-12(4)18-14(15)10-17-9-11(2)3/h6-7,11,13,17H,5,9-10H2,1-4H3. The largest absolute Gasteiger partial charge is 0.474 e. The fraction of sp³-hybridized carbons (Fsp3) is 0.600. The molecule has 4 nitrogen and oxygen atoms in total. The number of hydrogen-bond donors (Lipinski definition) is 1. The maximum atomic E-state index is 8.97. The average molecular weight is 261 g/mol. The molecule has 0 fully saturated rings. The summed E-state index contributed by atoms with van der Waals surface area (Å²) in [5.74, 6) is 1.30. The van der Waals surface area contributed by atoms with E-state index in [1.54, 1.807) is 0 Å². The number of ether oxygens (including phenoxy) is 1. The van der Waals surface area contributed by atoms with Gasteiger partial charge in [0.05, 0.1) is 5.69 Å². The van der Waals surface area contributed by atoms with Crippen molar-refractivity contribution in [2.24, 2.45) is 5.92 Å². The Hall–Kier alpha value is -1.60. The number of nitrogens with zero attached hydrogens (tertiary/aromatic N) is 2. The summed E-state index contributed by atoms with van der Waals surface area (Å²) in [6.45, 7) is 9.82. The molecule has 0 spiro atoms. The second-order valence-corrected chi connectivity index (χ2v) is 5.07. The lowest BCUT2D eigenvalue weighted by atomic mass is 10.2. The molecule has 4 heteroatoms. The molecule has 0 saturated heterocycles. The molecule has 1 unspecified atom stereocenters. The predicted octanol–water partition coefficient (Wildman–Crippen LogP) is 2.82. The third kappa shape index (κ3) is 5.27. The van der Waals surface area contributed by atoms with Crippen LogP contribution in [-0.4, -0.2) is 17.6 Å². The van der Waals surface area contributed by atoms with Gasteiger partial charge in [0.2, 0.25) is 0 Å². The minimum atomic E-state index is -0.409. The highest BCUT2D eigenvalue weighted by molar-refractivity contribution is 5.30. The van der Waals surface area contributed by atoms with Crippen molar-refractivity contribution >= 4 is 0 Å². The van der Waals surface area contributed by atoms with Crippen LogP contribution in [0.1, 0.15) is 38.6 Å². The van der Waals surface area contributed by atoms with E-state index in [0.717, 1.165) is 17.9 Å². The van der Waals surface area contributed by atoms with Crippen LogP contribution in [0.4, 0.5) is 0 Å². The predicted molar refractivity (Wildman–Crippen MR) is 75.8 cm³/mol. The van der Waals surface area contributed by atoms with E-state index in [1.165, 1.54) is 0 Å². The third-order valence-electron chi connectivity index (χ3n) is 2.70. The lowest BCUT2D eigenvalue weighted by molar-refractivity contribution is 0.247. The monoisotopic (exact) mass is 261 g/mol. The molecule has 1 aromatic rings. The Morgan fingerprint density at radius 3 is 2.74 bits per heavy atom. The first-order valence-corrected chi connectivity index (χ1v) is 6.80. The number of nitriles is 1. The van der Waals surface area contributed by atoms with E-state index in [4.69, 9.17) is 10.00 Å². The SMILES string of the molecule is CCC(C#N)Oc1ccc(C)nc1CNCC(C)C. The Morgan fingerprint density at radius 2 is 2.16 bits per heavy atom. The van der Waals surface area contributed by atoms with Gasteiger partial charge in [0, 0.05) is 12.2 Å². The normalized spacial score (nSPS) is 12.2. The van der Waals surface area contributed by atoms with Gasteiger partial charge in [-0.1, -0.05) is 20.8 Å². The molecule has 0 aliphatic heterocycles. The van der Waals surface area contributed by atoms with Crippen molar-refractivity contribution in [3.8, 4) is 11.8 Å². The van der Waals surface area contributed by atoms with E-state index in [1.807, 2.05) is 26.0 Å². The van der Waals surface area contributed by atoms with E-state index in [9.17, 15) is 0 Å². The summed E-state index contributed by atoms with van der Waals surface area (Å²) in [4.78, 5) is 4.49. The summed E-state index contributed by atoms with van der Waals surface area (Å²) in [6.07, 6.45) is 0.261. The summed E-state index contributed by atoms with van der Waals surface area (Å²) in [7, 11) is 0. The van der Waals surface area contributed by atoms with Gasteiger partial charge in [-0.05, 0) is 37.9 Å². The maximum Gasteiger partial charge on any atom is 0.184 e. The molecule has 0 aromatic carbocycles. The van der Waals surface area contributed by atoms with E-state index < -0.39 is 6.10 Å². The second-order valence-electron chi connectivity index (χ2n) is 5.07. The van der Waals surface area contributed by atoms with E-state index in [2.05, 4.69) is 30.2 Å². The topological polar surface area (TPSA) is 57.9 Å². The molecule has 0 radical (unpaired) electrons. The zero-order chi connectivity index (χ0) is 14.3. The highest BCUT2D eigenvalue weighted by atomic mass is 16.5. The number of aryl methyl sites for hydroxylation is 1. The third-order valence-corrected chi connectivity index (χ3v) is 2.70. The first-order valence-electron chi connectivity index (χ1n) is 6.80. The molecule has 0 bridgehead atoms. The van der Waals surface area contributed by atoms with Gasteiger partial charge in [-0.15, -0.1) is 0 Å². The lowest BCUT2D eigenvalue weighted by Crippen LogP contribution is -2.21. The Morgan fingerprint density at radius 1 is 1.42 bits per heavy atom. The van der Waals surface area contributed by atoms with Gasteiger partial charge in [0.25, 0.3) is 0 Å². The van der Waals surface area contributed by atoms with Crippen molar-refractivity contribution in [2.45, 2.75) is 46.8 Å². The van der Waals surface area contributed by atoms with Gasteiger partial charge in [-0.3, -0.25) is 4.98 Å². The number of hydrogen-bond acceptors (Lipinski definition) is 4. The number of aromatic nitrogens is 1. The van der Waals surface area contributed by atoms with Crippen LogP contribution in [0.5, 0.6) is 5.75 Å². The van der Waals surface area contributed by atoms with Crippen LogP contribution in [0, 0.1) is 24.2 Å². The van der Waals surface area contributed by atoms with Gasteiger partial charge >= 0.3 is 0 Å². The Balaban J connectivity index is 2.76. The molecule has 1 aromatic heterocycles. The molecule has 19 heavy (non-hydrogen) atoms. The quantitative estimate of drug-likeness (QED) is 0.820. The van der Waals surface area contributed by atoms with Crippen molar-refractivity contribution in [2.75, 3.05) is 6.54 Å². The minimum Gasteiger partial charge on any atom is -0.474 e. The van der Waals surface area contributed by atoms with Crippen molar-refractivity contribution in [1.29, 1.82) is 5.26 Å². The summed E-state index contributed by atoms with van der Waals surface area (Å²) in [5, 5.41) is 12.3. The zero-order valence-corrected chi connectivity index (χ0v) is 12.2. The highest BCUT2D eigenvalue weighted by Gasteiger charge is 2.11. The van der Waals surface area contributed by atoms with E-state index >= 15 is 0 Å². The van der Waals surface area contributed by atoms with Gasteiger partial charge in [0.1, 0.15) is 11.8 Å². The molecule has 0 aliphatic rings. The fourth-order valence-electron chi connectivity index (χ4n) is 1.67. The molecular weight excluding hydrogens is 238 g/mol. The van der Waals surface area contributed by atoms with Crippen molar-refractivity contribution in [3.63, 3.8) is 0 Å². The van der Waals surface area contributed by atoms with Crippen LogP contribution in [0.25, 0.3) is 0 Å². The average Bonchev–Trinajstić information content (AvgIpc) is 2.37. The van der Waals surface area contributed by atoms with Crippen LogP contribution in [0.3, 0.4) is 0 Å². The molecule has 0 aliphatic carbocycles. The highest BCUT2D eigenvalue weighted by Crippen LogP contribution is 2.19. The minimum absolute atomic E-state index is 0.409. The number of pyridine rings is 1. The van der Waals surface area contributed by atoms with Crippen LogP contribution < -0.4 is 10.1 Å². The molecular formula is C15H23N3O. The molecule has 1 atom stereocenters. The second kappa shape index (κ2) is 7.75. The Kier molecular flexibility index (Phi) is 6.31. The van der Waals surface area contributed by atoms with Crippen LogP contribution in [-0.2, 0) is 6.54 Å². The lowest BCUT2D eigenvalue weighted by Gasteiger charge is -2.15.